The molecule has 0 spiro atoms. The molecule has 0 atom stereocenters. The van der Waals surface area contributed by atoms with E-state index in [9.17, 15) is 4.79 Å². The molecule has 0 unspecified atom stereocenters. The van der Waals surface area contributed by atoms with Crippen molar-refractivity contribution in [3.63, 3.8) is 0 Å². The fourth-order valence-corrected chi connectivity index (χ4v) is 2.16. The second-order valence-corrected chi connectivity index (χ2v) is 4.51. The van der Waals surface area contributed by atoms with Crippen LogP contribution in [0.25, 0.3) is 11.4 Å². The number of nitrogens with zero attached hydrogens (tertiary/aromatic N) is 3. The first-order valence-corrected chi connectivity index (χ1v) is 6.06. The molecule has 2 heterocycles. The second kappa shape index (κ2) is 4.40. The van der Waals surface area contributed by atoms with E-state index < -0.39 is 0 Å². The van der Waals surface area contributed by atoms with Crippen LogP contribution in [0.4, 0.5) is 0 Å². The van der Waals surface area contributed by atoms with Crippen LogP contribution in [0.1, 0.15) is 29.6 Å². The lowest BCUT2D eigenvalue weighted by molar-refractivity contribution is 0.731. The van der Waals surface area contributed by atoms with E-state index >= 15 is 0 Å². The Labute approximate surface area is 106 Å². The summed E-state index contributed by atoms with van der Waals surface area (Å²) in [5.41, 5.74) is 4.27. The number of rotatable bonds is 2. The molecule has 0 saturated carbocycles. The lowest BCUT2D eigenvalue weighted by Crippen LogP contribution is -2.16. The molecule has 0 fully saturated rings. The summed E-state index contributed by atoms with van der Waals surface area (Å²) in [6.45, 7) is 7.70. The van der Waals surface area contributed by atoms with Crippen molar-refractivity contribution in [1.82, 2.24) is 19.7 Å². The quantitative estimate of drug-likeness (QED) is 0.876. The number of aromatic nitrogens is 4. The molecule has 2 aromatic rings. The van der Waals surface area contributed by atoms with Gasteiger partial charge in [-0.1, -0.05) is 6.92 Å². The highest BCUT2D eigenvalue weighted by molar-refractivity contribution is 5.61. The molecule has 96 valence electrons. The summed E-state index contributed by atoms with van der Waals surface area (Å²) in [7, 11) is 1.89. The van der Waals surface area contributed by atoms with E-state index in [0.717, 1.165) is 29.1 Å². The first-order chi connectivity index (χ1) is 8.45. The van der Waals surface area contributed by atoms with Crippen molar-refractivity contribution >= 4 is 0 Å². The Morgan fingerprint density at radius 3 is 2.44 bits per heavy atom. The Bertz CT molecular complexity index is 652. The van der Waals surface area contributed by atoms with Crippen molar-refractivity contribution in [3.05, 3.63) is 33.0 Å². The molecule has 5 nitrogen and oxygen atoms in total. The molecule has 0 radical (unpaired) electrons. The fraction of sp³-hybridized carbons (Fsp3) is 0.462. The number of H-pyrrole nitrogens is 1. The average molecular weight is 246 g/mol. The second-order valence-electron chi connectivity index (χ2n) is 4.51. The molecule has 1 N–H and O–H groups in total. The SMILES string of the molecule is CCc1nc(-c2c(C)nn(C)c2C)[nH]c(=O)c1C. The van der Waals surface area contributed by atoms with Crippen molar-refractivity contribution in [2.45, 2.75) is 34.1 Å². The minimum atomic E-state index is -0.0699. The van der Waals surface area contributed by atoms with E-state index in [4.69, 9.17) is 0 Å². The zero-order valence-electron chi connectivity index (χ0n) is 11.5. The minimum Gasteiger partial charge on any atom is -0.306 e. The number of aromatic amines is 1. The molecule has 0 aromatic carbocycles. The van der Waals surface area contributed by atoms with Crippen LogP contribution < -0.4 is 5.56 Å². The monoisotopic (exact) mass is 246 g/mol. The highest BCUT2D eigenvalue weighted by atomic mass is 16.1. The fourth-order valence-electron chi connectivity index (χ4n) is 2.16. The molecule has 0 aliphatic rings. The highest BCUT2D eigenvalue weighted by Gasteiger charge is 2.15. The molecule has 0 amide bonds. The predicted octanol–water partition coefficient (Wildman–Crippen LogP) is 1.66. The Morgan fingerprint density at radius 1 is 1.28 bits per heavy atom. The Balaban J connectivity index is 2.72. The first kappa shape index (κ1) is 12.5. The molecule has 18 heavy (non-hydrogen) atoms. The maximum atomic E-state index is 11.9. The number of aryl methyl sites for hydroxylation is 3. The van der Waals surface area contributed by atoms with Gasteiger partial charge in [0.15, 0.2) is 0 Å². The van der Waals surface area contributed by atoms with Gasteiger partial charge in [-0.15, -0.1) is 0 Å². The van der Waals surface area contributed by atoms with Crippen molar-refractivity contribution < 1.29 is 0 Å². The third-order valence-corrected chi connectivity index (χ3v) is 3.33. The molecule has 2 aromatic heterocycles. The maximum absolute atomic E-state index is 11.9. The van der Waals surface area contributed by atoms with Crippen LogP contribution in [0.15, 0.2) is 4.79 Å². The van der Waals surface area contributed by atoms with Crippen LogP contribution in [0.3, 0.4) is 0 Å². The smallest absolute Gasteiger partial charge is 0.254 e. The largest absolute Gasteiger partial charge is 0.306 e. The van der Waals surface area contributed by atoms with E-state index in [2.05, 4.69) is 15.1 Å². The molecule has 0 aliphatic carbocycles. The van der Waals surface area contributed by atoms with Gasteiger partial charge in [-0.05, 0) is 27.2 Å². The van der Waals surface area contributed by atoms with Gasteiger partial charge in [0.25, 0.3) is 5.56 Å². The van der Waals surface area contributed by atoms with E-state index in [1.807, 2.05) is 27.8 Å². The van der Waals surface area contributed by atoms with E-state index in [-0.39, 0.29) is 5.56 Å². The summed E-state index contributed by atoms with van der Waals surface area (Å²) in [6, 6.07) is 0. The lowest BCUT2D eigenvalue weighted by atomic mass is 10.1. The van der Waals surface area contributed by atoms with Gasteiger partial charge in [0.2, 0.25) is 0 Å². The van der Waals surface area contributed by atoms with Crippen LogP contribution in [-0.4, -0.2) is 19.7 Å². The zero-order valence-corrected chi connectivity index (χ0v) is 11.5. The molecule has 5 heteroatoms. The summed E-state index contributed by atoms with van der Waals surface area (Å²) in [5, 5.41) is 4.35. The zero-order chi connectivity index (χ0) is 13.4. The summed E-state index contributed by atoms with van der Waals surface area (Å²) < 4.78 is 1.80. The van der Waals surface area contributed by atoms with Crippen molar-refractivity contribution in [3.8, 4) is 11.4 Å². The van der Waals surface area contributed by atoms with Gasteiger partial charge in [0, 0.05) is 18.3 Å². The minimum absolute atomic E-state index is 0.0699. The van der Waals surface area contributed by atoms with Gasteiger partial charge in [0.1, 0.15) is 5.82 Å². The lowest BCUT2D eigenvalue weighted by Gasteiger charge is -2.06. The number of hydrogen-bond donors (Lipinski definition) is 1. The van der Waals surface area contributed by atoms with Gasteiger partial charge in [0.05, 0.1) is 17.0 Å². The Kier molecular flexibility index (Phi) is 3.07. The predicted molar refractivity (Wildman–Crippen MR) is 70.6 cm³/mol. The topological polar surface area (TPSA) is 63.6 Å². The highest BCUT2D eigenvalue weighted by Crippen LogP contribution is 2.22. The Morgan fingerprint density at radius 2 is 1.94 bits per heavy atom. The van der Waals surface area contributed by atoms with Gasteiger partial charge >= 0.3 is 0 Å². The summed E-state index contributed by atoms with van der Waals surface area (Å²) in [6.07, 6.45) is 0.751. The average Bonchev–Trinajstić information content (AvgIpc) is 2.57. The summed E-state index contributed by atoms with van der Waals surface area (Å²) >= 11 is 0. The molecule has 2 rings (SSSR count). The van der Waals surface area contributed by atoms with Crippen LogP contribution in [0.2, 0.25) is 0 Å². The molecular weight excluding hydrogens is 228 g/mol. The third kappa shape index (κ3) is 1.85. The van der Waals surface area contributed by atoms with Crippen molar-refractivity contribution in [2.75, 3.05) is 0 Å². The third-order valence-electron chi connectivity index (χ3n) is 3.33. The standard InChI is InChI=1S/C13H18N4O/c1-6-10-7(2)13(18)15-12(14-10)11-8(3)16-17(5)9(11)4/h6H2,1-5H3,(H,14,15,18). The van der Waals surface area contributed by atoms with Crippen molar-refractivity contribution in [1.29, 1.82) is 0 Å². The van der Waals surface area contributed by atoms with Gasteiger partial charge < -0.3 is 4.98 Å². The van der Waals surface area contributed by atoms with Crippen molar-refractivity contribution in [2.24, 2.45) is 7.05 Å². The maximum Gasteiger partial charge on any atom is 0.254 e. The first-order valence-electron chi connectivity index (χ1n) is 6.06. The number of nitrogens with one attached hydrogen (secondary N) is 1. The summed E-state index contributed by atoms with van der Waals surface area (Å²) in [5.74, 6) is 0.616. The van der Waals surface area contributed by atoms with Gasteiger partial charge in [-0.3, -0.25) is 9.48 Å². The van der Waals surface area contributed by atoms with Crippen LogP contribution >= 0.6 is 0 Å². The van der Waals surface area contributed by atoms with Crippen LogP contribution in [0, 0.1) is 20.8 Å². The number of hydrogen-bond acceptors (Lipinski definition) is 3. The molecular formula is C13H18N4O. The molecule has 0 aliphatic heterocycles. The molecule has 0 bridgehead atoms. The molecule has 0 saturated heterocycles. The summed E-state index contributed by atoms with van der Waals surface area (Å²) in [4.78, 5) is 19.3. The van der Waals surface area contributed by atoms with Gasteiger partial charge in [-0.2, -0.15) is 5.10 Å². The Hall–Kier alpha value is -1.91. The van der Waals surface area contributed by atoms with Gasteiger partial charge in [-0.25, -0.2) is 4.98 Å². The van der Waals surface area contributed by atoms with E-state index in [1.165, 1.54) is 0 Å². The van der Waals surface area contributed by atoms with Crippen LogP contribution in [0.5, 0.6) is 0 Å². The van der Waals surface area contributed by atoms with E-state index in [1.54, 1.807) is 11.6 Å². The van der Waals surface area contributed by atoms with Crippen LogP contribution in [-0.2, 0) is 13.5 Å². The normalized spacial score (nSPS) is 10.9. The van der Waals surface area contributed by atoms with E-state index in [0.29, 0.717) is 11.4 Å².